The maximum atomic E-state index is 6.25. The average molecular weight is 396 g/mol. The van der Waals surface area contributed by atoms with Gasteiger partial charge in [-0.3, -0.25) is 4.90 Å². The highest BCUT2D eigenvalue weighted by Crippen LogP contribution is 2.42. The second kappa shape index (κ2) is 8.19. The monoisotopic (exact) mass is 395 g/mol. The first kappa shape index (κ1) is 20.5. The molecule has 158 valence electrons. The van der Waals surface area contributed by atoms with Crippen LogP contribution < -0.4 is 5.73 Å². The number of rotatable bonds is 7. The molecule has 4 atom stereocenters. The molecule has 5 nitrogen and oxygen atoms in total. The van der Waals surface area contributed by atoms with Crippen LogP contribution in [-0.2, 0) is 5.41 Å². The fourth-order valence-electron chi connectivity index (χ4n) is 5.63. The minimum atomic E-state index is 0.0488. The van der Waals surface area contributed by atoms with E-state index in [1.54, 1.807) is 0 Å². The largest absolute Gasteiger partial charge is 0.330 e. The zero-order chi connectivity index (χ0) is 20.6. The van der Waals surface area contributed by atoms with Gasteiger partial charge in [0.2, 0.25) is 0 Å². The van der Waals surface area contributed by atoms with Gasteiger partial charge in [-0.05, 0) is 51.1 Å². The van der Waals surface area contributed by atoms with E-state index in [-0.39, 0.29) is 5.41 Å². The second-order valence-electron chi connectivity index (χ2n) is 9.76. The highest BCUT2D eigenvalue weighted by atomic mass is 15.3. The standard InChI is InChI=1S/C24H37N5/c1-17(2)23-27-26-18(3)29(23)22-14-20-10-11-21(15-22)28(20)13-12-24(4,16-25)19-8-6-5-7-9-19/h5-9,17,20-22H,10-16,25H2,1-4H3/t20-,21+,22-,24?. The van der Waals surface area contributed by atoms with Crippen LogP contribution in [0.15, 0.2) is 30.3 Å². The van der Waals surface area contributed by atoms with Crippen LogP contribution in [0.1, 0.15) is 82.0 Å². The fourth-order valence-corrected chi connectivity index (χ4v) is 5.63. The van der Waals surface area contributed by atoms with Crippen molar-refractivity contribution in [3.8, 4) is 0 Å². The molecule has 0 aliphatic carbocycles. The van der Waals surface area contributed by atoms with Crippen molar-refractivity contribution in [2.45, 2.75) is 89.3 Å². The van der Waals surface area contributed by atoms with Crippen molar-refractivity contribution in [1.82, 2.24) is 19.7 Å². The molecular weight excluding hydrogens is 358 g/mol. The van der Waals surface area contributed by atoms with Gasteiger partial charge in [-0.15, -0.1) is 10.2 Å². The first-order valence-corrected chi connectivity index (χ1v) is 11.4. The van der Waals surface area contributed by atoms with Crippen LogP contribution in [0.4, 0.5) is 0 Å². The topological polar surface area (TPSA) is 60.0 Å². The summed E-state index contributed by atoms with van der Waals surface area (Å²) in [6.07, 6.45) is 6.21. The van der Waals surface area contributed by atoms with Crippen molar-refractivity contribution in [3.05, 3.63) is 47.5 Å². The number of nitrogens with two attached hydrogens (primary N) is 1. The number of fused-ring (bicyclic) bond motifs is 2. The molecule has 5 heteroatoms. The Morgan fingerprint density at radius 3 is 2.31 bits per heavy atom. The van der Waals surface area contributed by atoms with Gasteiger partial charge in [0.25, 0.3) is 0 Å². The molecule has 2 fully saturated rings. The molecule has 0 amide bonds. The molecule has 2 N–H and O–H groups in total. The average Bonchev–Trinajstić information content (AvgIpc) is 3.23. The summed E-state index contributed by atoms with van der Waals surface area (Å²) < 4.78 is 2.45. The van der Waals surface area contributed by atoms with E-state index in [4.69, 9.17) is 5.73 Å². The number of piperidine rings is 1. The van der Waals surface area contributed by atoms with Gasteiger partial charge < -0.3 is 10.3 Å². The quantitative estimate of drug-likeness (QED) is 0.764. The number of hydrogen-bond acceptors (Lipinski definition) is 4. The van der Waals surface area contributed by atoms with Crippen molar-refractivity contribution >= 4 is 0 Å². The molecule has 0 saturated carbocycles. The Balaban J connectivity index is 1.46. The molecule has 1 unspecified atom stereocenters. The predicted octanol–water partition coefficient (Wildman–Crippen LogP) is 4.18. The van der Waals surface area contributed by atoms with Crippen LogP contribution in [-0.4, -0.2) is 44.8 Å². The summed E-state index contributed by atoms with van der Waals surface area (Å²) in [7, 11) is 0. The summed E-state index contributed by atoms with van der Waals surface area (Å²) >= 11 is 0. The van der Waals surface area contributed by atoms with Crippen LogP contribution in [0.2, 0.25) is 0 Å². The molecule has 29 heavy (non-hydrogen) atoms. The van der Waals surface area contributed by atoms with Crippen LogP contribution in [0.3, 0.4) is 0 Å². The van der Waals surface area contributed by atoms with Crippen LogP contribution in [0, 0.1) is 6.92 Å². The van der Waals surface area contributed by atoms with Crippen molar-refractivity contribution < 1.29 is 0 Å². The van der Waals surface area contributed by atoms with Crippen LogP contribution >= 0.6 is 0 Å². The lowest BCUT2D eigenvalue weighted by Gasteiger charge is -2.42. The Morgan fingerprint density at radius 2 is 1.72 bits per heavy atom. The summed E-state index contributed by atoms with van der Waals surface area (Å²) in [5.41, 5.74) is 7.67. The fraction of sp³-hybridized carbons (Fsp3) is 0.667. The lowest BCUT2D eigenvalue weighted by molar-refractivity contribution is 0.0962. The molecule has 0 spiro atoms. The number of aryl methyl sites for hydroxylation is 1. The Bertz CT molecular complexity index is 800. The van der Waals surface area contributed by atoms with E-state index in [0.29, 0.717) is 30.6 Å². The molecule has 2 aliphatic heterocycles. The zero-order valence-corrected chi connectivity index (χ0v) is 18.5. The van der Waals surface area contributed by atoms with E-state index in [1.807, 2.05) is 0 Å². The van der Waals surface area contributed by atoms with E-state index in [9.17, 15) is 0 Å². The molecule has 2 aromatic rings. The third-order valence-electron chi connectivity index (χ3n) is 7.48. The molecule has 3 heterocycles. The molecule has 2 bridgehead atoms. The lowest BCUT2D eigenvalue weighted by Crippen LogP contribution is -2.46. The SMILES string of the molecule is Cc1nnc(C(C)C)n1[C@@H]1C[C@H]2CC[C@@H](C1)N2CCC(C)(CN)c1ccccc1. The Morgan fingerprint density at radius 1 is 1.07 bits per heavy atom. The maximum absolute atomic E-state index is 6.25. The summed E-state index contributed by atoms with van der Waals surface area (Å²) in [5, 5.41) is 8.88. The highest BCUT2D eigenvalue weighted by molar-refractivity contribution is 5.25. The highest BCUT2D eigenvalue weighted by Gasteiger charge is 2.42. The Hall–Kier alpha value is -1.72. The van der Waals surface area contributed by atoms with E-state index < -0.39 is 0 Å². The Labute approximate surface area is 175 Å². The third kappa shape index (κ3) is 3.87. The maximum Gasteiger partial charge on any atom is 0.135 e. The first-order chi connectivity index (χ1) is 13.9. The molecule has 2 aliphatic rings. The van der Waals surface area contributed by atoms with Gasteiger partial charge in [0.15, 0.2) is 0 Å². The van der Waals surface area contributed by atoms with Gasteiger partial charge >= 0.3 is 0 Å². The number of nitrogens with zero attached hydrogens (tertiary/aromatic N) is 4. The van der Waals surface area contributed by atoms with Crippen molar-refractivity contribution in [1.29, 1.82) is 0 Å². The number of aromatic nitrogens is 3. The zero-order valence-electron chi connectivity index (χ0n) is 18.5. The van der Waals surface area contributed by atoms with E-state index >= 15 is 0 Å². The minimum Gasteiger partial charge on any atom is -0.330 e. The molecule has 0 radical (unpaired) electrons. The van der Waals surface area contributed by atoms with Gasteiger partial charge in [0.05, 0.1) is 0 Å². The van der Waals surface area contributed by atoms with Gasteiger partial charge in [-0.25, -0.2) is 0 Å². The molecule has 4 rings (SSSR count). The molecular formula is C24H37N5. The smallest absolute Gasteiger partial charge is 0.135 e. The van der Waals surface area contributed by atoms with Crippen molar-refractivity contribution in [3.63, 3.8) is 0 Å². The summed E-state index contributed by atoms with van der Waals surface area (Å²) in [4.78, 5) is 2.79. The van der Waals surface area contributed by atoms with E-state index in [2.05, 4.69) is 77.7 Å². The third-order valence-corrected chi connectivity index (χ3v) is 7.48. The van der Waals surface area contributed by atoms with Crippen molar-refractivity contribution in [2.75, 3.05) is 13.1 Å². The van der Waals surface area contributed by atoms with Gasteiger partial charge in [-0.2, -0.15) is 0 Å². The molecule has 1 aromatic heterocycles. The molecule has 1 aromatic carbocycles. The van der Waals surface area contributed by atoms with Crippen molar-refractivity contribution in [2.24, 2.45) is 5.73 Å². The van der Waals surface area contributed by atoms with Gasteiger partial charge in [-0.1, -0.05) is 51.1 Å². The van der Waals surface area contributed by atoms with Crippen LogP contribution in [0.5, 0.6) is 0 Å². The lowest BCUT2D eigenvalue weighted by atomic mass is 9.79. The van der Waals surface area contributed by atoms with Gasteiger partial charge in [0, 0.05) is 36.0 Å². The van der Waals surface area contributed by atoms with E-state index in [1.165, 1.54) is 31.2 Å². The van der Waals surface area contributed by atoms with Crippen LogP contribution in [0.25, 0.3) is 0 Å². The molecule has 2 saturated heterocycles. The normalized spacial score (nSPS) is 26.8. The summed E-state index contributed by atoms with van der Waals surface area (Å²) in [5.74, 6) is 2.65. The number of benzene rings is 1. The summed E-state index contributed by atoms with van der Waals surface area (Å²) in [6, 6.07) is 12.7. The first-order valence-electron chi connectivity index (χ1n) is 11.4. The summed E-state index contributed by atoms with van der Waals surface area (Å²) in [6.45, 7) is 10.7. The predicted molar refractivity (Wildman–Crippen MR) is 118 cm³/mol. The van der Waals surface area contributed by atoms with E-state index in [0.717, 1.165) is 24.6 Å². The second-order valence-corrected chi connectivity index (χ2v) is 9.76. The Kier molecular flexibility index (Phi) is 5.80. The number of hydrogen-bond donors (Lipinski definition) is 1. The minimum absolute atomic E-state index is 0.0488. The van der Waals surface area contributed by atoms with Gasteiger partial charge in [0.1, 0.15) is 11.6 Å².